The van der Waals surface area contributed by atoms with Gasteiger partial charge < -0.3 is 0 Å². The number of hydrogen-bond acceptors (Lipinski definition) is 2. The minimum atomic E-state index is 0. The van der Waals surface area contributed by atoms with Crippen LogP contribution in [0.25, 0.3) is 0 Å². The number of rotatable bonds is 1. The fraction of sp³-hybridized carbons (Fsp3) is 1.00. The number of hydrazine groups is 1. The van der Waals surface area contributed by atoms with Crippen LogP contribution in [-0.4, -0.2) is 14.1 Å². The summed E-state index contributed by atoms with van der Waals surface area (Å²) in [5.41, 5.74) is 5.36. The molecule has 0 amide bonds. The minimum absolute atomic E-state index is 0. The SMILES string of the molecule is CNNC.Cl. The van der Waals surface area contributed by atoms with Crippen molar-refractivity contribution < 1.29 is 0 Å². The van der Waals surface area contributed by atoms with Crippen LogP contribution < -0.4 is 10.9 Å². The van der Waals surface area contributed by atoms with Gasteiger partial charge in [0.05, 0.1) is 0 Å². The molecule has 0 aliphatic carbocycles. The summed E-state index contributed by atoms with van der Waals surface area (Å²) >= 11 is 0. The Morgan fingerprint density at radius 3 is 1.20 bits per heavy atom. The molecule has 0 rings (SSSR count). The number of hydrogen-bond donors (Lipinski definition) is 2. The third-order valence-corrected chi connectivity index (χ3v) is 0.250. The molecule has 0 aliphatic heterocycles. The average Bonchev–Trinajstić information content (AvgIpc) is 1.37. The van der Waals surface area contributed by atoms with Crippen LogP contribution in [0.1, 0.15) is 0 Å². The third kappa shape index (κ3) is 14.0. The summed E-state index contributed by atoms with van der Waals surface area (Å²) in [5.74, 6) is 0. The van der Waals surface area contributed by atoms with Gasteiger partial charge in [0.1, 0.15) is 0 Å². The second-order valence-corrected chi connectivity index (χ2v) is 0.500. The highest BCUT2D eigenvalue weighted by molar-refractivity contribution is 5.85. The topological polar surface area (TPSA) is 24.1 Å². The zero-order chi connectivity index (χ0) is 3.41. The van der Waals surface area contributed by atoms with Crippen molar-refractivity contribution in [3.63, 3.8) is 0 Å². The second-order valence-electron chi connectivity index (χ2n) is 0.500. The van der Waals surface area contributed by atoms with Crippen LogP contribution in [0.3, 0.4) is 0 Å². The summed E-state index contributed by atoms with van der Waals surface area (Å²) in [6.45, 7) is 0. The lowest BCUT2D eigenvalue weighted by Crippen LogP contribution is -2.21. The van der Waals surface area contributed by atoms with Crippen molar-refractivity contribution in [2.24, 2.45) is 0 Å². The zero-order valence-corrected chi connectivity index (χ0v) is 4.22. The number of halogens is 1. The first-order valence-electron chi connectivity index (χ1n) is 1.25. The molecule has 0 aromatic heterocycles. The summed E-state index contributed by atoms with van der Waals surface area (Å²) in [6, 6.07) is 0. The van der Waals surface area contributed by atoms with E-state index < -0.39 is 0 Å². The Hall–Kier alpha value is 0.210. The Bertz CT molecular complexity index is 9.61. The lowest BCUT2D eigenvalue weighted by Gasteiger charge is -1.81. The second kappa shape index (κ2) is 8.88. The van der Waals surface area contributed by atoms with E-state index in [0.29, 0.717) is 0 Å². The molecule has 0 radical (unpaired) electrons. The Labute approximate surface area is 38.3 Å². The quantitative estimate of drug-likeness (QED) is 0.441. The molecule has 0 heterocycles. The van der Waals surface area contributed by atoms with Gasteiger partial charge in [0, 0.05) is 0 Å². The standard InChI is InChI=1S/C2H8N2.ClH/c1-3-4-2;/h3-4H,1-2H3;1H. The van der Waals surface area contributed by atoms with Crippen LogP contribution in [0.5, 0.6) is 0 Å². The molecular weight excluding hydrogens is 87.5 g/mol. The van der Waals surface area contributed by atoms with E-state index in [9.17, 15) is 0 Å². The van der Waals surface area contributed by atoms with Crippen molar-refractivity contribution in [3.8, 4) is 0 Å². The zero-order valence-electron chi connectivity index (χ0n) is 3.41. The van der Waals surface area contributed by atoms with Gasteiger partial charge >= 0.3 is 0 Å². The van der Waals surface area contributed by atoms with E-state index in [2.05, 4.69) is 10.9 Å². The van der Waals surface area contributed by atoms with Gasteiger partial charge in [-0.05, 0) is 14.1 Å². The molecule has 0 aromatic carbocycles. The fourth-order valence-electron chi connectivity index (χ4n) is 0. The first-order valence-corrected chi connectivity index (χ1v) is 1.25. The summed E-state index contributed by atoms with van der Waals surface area (Å²) in [4.78, 5) is 0. The van der Waals surface area contributed by atoms with Gasteiger partial charge in [0.15, 0.2) is 0 Å². The molecule has 2 N–H and O–H groups in total. The predicted octanol–water partition coefficient (Wildman–Crippen LogP) is -0.238. The number of nitrogens with one attached hydrogen (secondary N) is 2. The Balaban J connectivity index is 0. The summed E-state index contributed by atoms with van der Waals surface area (Å²) in [7, 11) is 3.64. The van der Waals surface area contributed by atoms with Gasteiger partial charge in [-0.25, -0.2) is 0 Å². The van der Waals surface area contributed by atoms with Crippen molar-refractivity contribution in [3.05, 3.63) is 0 Å². The maximum absolute atomic E-state index is 2.68. The highest BCUT2D eigenvalue weighted by Crippen LogP contribution is 1.07. The Morgan fingerprint density at radius 2 is 1.20 bits per heavy atom. The van der Waals surface area contributed by atoms with E-state index in [1.165, 1.54) is 0 Å². The molecule has 0 spiro atoms. The molecule has 0 aliphatic rings. The molecule has 0 aromatic rings. The van der Waals surface area contributed by atoms with Crippen molar-refractivity contribution in [1.82, 2.24) is 10.9 Å². The molecule has 0 saturated carbocycles. The first kappa shape index (κ1) is 8.96. The molecule has 0 fully saturated rings. The highest BCUT2D eigenvalue weighted by atomic mass is 35.5. The molecule has 0 bridgehead atoms. The van der Waals surface area contributed by atoms with Crippen molar-refractivity contribution in [2.75, 3.05) is 14.1 Å². The van der Waals surface area contributed by atoms with Crippen LogP contribution in [-0.2, 0) is 0 Å². The molecule has 5 heavy (non-hydrogen) atoms. The van der Waals surface area contributed by atoms with E-state index in [1.807, 2.05) is 14.1 Å². The highest BCUT2D eigenvalue weighted by Gasteiger charge is 1.44. The maximum atomic E-state index is 2.68. The largest absolute Gasteiger partial charge is 0.261 e. The molecule has 0 unspecified atom stereocenters. The van der Waals surface area contributed by atoms with Crippen molar-refractivity contribution in [1.29, 1.82) is 0 Å². The van der Waals surface area contributed by atoms with Crippen molar-refractivity contribution in [2.45, 2.75) is 0 Å². The van der Waals surface area contributed by atoms with Crippen molar-refractivity contribution >= 4 is 12.4 Å². The lowest BCUT2D eigenvalue weighted by atomic mass is 11.4. The van der Waals surface area contributed by atoms with Gasteiger partial charge in [-0.3, -0.25) is 10.9 Å². The van der Waals surface area contributed by atoms with E-state index >= 15 is 0 Å². The average molecular weight is 96.6 g/mol. The van der Waals surface area contributed by atoms with E-state index in [-0.39, 0.29) is 12.4 Å². The predicted molar refractivity (Wildman–Crippen MR) is 25.4 cm³/mol. The smallest absolute Gasteiger partial charge is 0.00150 e. The van der Waals surface area contributed by atoms with Gasteiger partial charge in [-0.2, -0.15) is 0 Å². The summed E-state index contributed by atoms with van der Waals surface area (Å²) in [5, 5.41) is 0. The minimum Gasteiger partial charge on any atom is -0.261 e. The summed E-state index contributed by atoms with van der Waals surface area (Å²) < 4.78 is 0. The molecular formula is C2H9ClN2. The Morgan fingerprint density at radius 1 is 1.00 bits per heavy atom. The van der Waals surface area contributed by atoms with Gasteiger partial charge in [-0.15, -0.1) is 12.4 Å². The van der Waals surface area contributed by atoms with Crippen LogP contribution in [0.15, 0.2) is 0 Å². The van der Waals surface area contributed by atoms with E-state index in [0.717, 1.165) is 0 Å². The van der Waals surface area contributed by atoms with E-state index in [4.69, 9.17) is 0 Å². The van der Waals surface area contributed by atoms with Gasteiger partial charge in [0.2, 0.25) is 0 Å². The van der Waals surface area contributed by atoms with Gasteiger partial charge in [-0.1, -0.05) is 0 Å². The van der Waals surface area contributed by atoms with Crippen LogP contribution in [0.2, 0.25) is 0 Å². The first-order chi connectivity index (χ1) is 1.91. The molecule has 0 atom stereocenters. The Kier molecular flexibility index (Phi) is 15.9. The van der Waals surface area contributed by atoms with Crippen LogP contribution >= 0.6 is 12.4 Å². The van der Waals surface area contributed by atoms with Gasteiger partial charge in [0.25, 0.3) is 0 Å². The van der Waals surface area contributed by atoms with Crippen LogP contribution in [0, 0.1) is 0 Å². The van der Waals surface area contributed by atoms with Crippen LogP contribution in [0.4, 0.5) is 0 Å². The maximum Gasteiger partial charge on any atom is -0.00150 e. The fourth-order valence-corrected chi connectivity index (χ4v) is 0. The lowest BCUT2D eigenvalue weighted by molar-refractivity contribution is 0.689. The molecule has 3 heteroatoms. The normalized spacial score (nSPS) is 6.00. The molecule has 34 valence electrons. The molecule has 2 nitrogen and oxygen atoms in total. The summed E-state index contributed by atoms with van der Waals surface area (Å²) in [6.07, 6.45) is 0. The monoisotopic (exact) mass is 96.0 g/mol. The third-order valence-electron chi connectivity index (χ3n) is 0.250. The van der Waals surface area contributed by atoms with E-state index in [1.54, 1.807) is 0 Å². The molecule has 0 saturated heterocycles.